The van der Waals surface area contributed by atoms with E-state index in [-0.39, 0.29) is 13.2 Å². The van der Waals surface area contributed by atoms with Gasteiger partial charge in [-0.2, -0.15) is 0 Å². The molecule has 1 atom stereocenters. The van der Waals surface area contributed by atoms with Crippen molar-refractivity contribution >= 4 is 17.3 Å². The van der Waals surface area contributed by atoms with Crippen LogP contribution < -0.4 is 14.5 Å². The van der Waals surface area contributed by atoms with Gasteiger partial charge < -0.3 is 19.4 Å². The number of halogens is 1. The summed E-state index contributed by atoms with van der Waals surface area (Å²) < 4.78 is 20.5. The van der Waals surface area contributed by atoms with Gasteiger partial charge >= 0.3 is 0 Å². The van der Waals surface area contributed by atoms with Crippen LogP contribution in [0.2, 0.25) is 0 Å². The molecule has 30 heavy (non-hydrogen) atoms. The van der Waals surface area contributed by atoms with Gasteiger partial charge in [-0.25, -0.2) is 4.39 Å². The largest absolute Gasteiger partial charge is 0.493 e. The molecule has 1 aliphatic rings. The molecule has 6 heteroatoms. The normalized spacial score (nSPS) is 16.4. The minimum Gasteiger partial charge on any atom is -0.493 e. The van der Waals surface area contributed by atoms with Crippen LogP contribution in [0.5, 0.6) is 5.75 Å². The molecule has 0 aromatic heterocycles. The monoisotopic (exact) mass is 415 g/mol. The highest BCUT2D eigenvalue weighted by Crippen LogP contribution is 2.29. The molecule has 1 unspecified atom stereocenters. The Labute approximate surface area is 180 Å². The van der Waals surface area contributed by atoms with Gasteiger partial charge in [-0.05, 0) is 68.9 Å². The Morgan fingerprint density at radius 1 is 1.20 bits per heavy atom. The van der Waals surface area contributed by atoms with Crippen molar-refractivity contribution in [2.75, 3.05) is 50.6 Å². The molecule has 1 saturated heterocycles. The summed E-state index contributed by atoms with van der Waals surface area (Å²) in [5.74, 6) is 0.681. The van der Waals surface area contributed by atoms with E-state index in [1.54, 1.807) is 43.4 Å². The van der Waals surface area contributed by atoms with Gasteiger partial charge in [0.15, 0.2) is 0 Å². The standard InChI is InChI=1S/C24H32FN3O2.H2/c1-17(2)16-30-21-9-6-18(7-10-21)24(29)27(5)19-8-11-23(22(25)14-19)28-13-12-20(15-28)26(3)4;/h6-11,14,17,20H,12-13,15-16H2,1-5H3;1H. The number of carbonyl (C=O) groups is 1. The molecule has 0 radical (unpaired) electrons. The summed E-state index contributed by atoms with van der Waals surface area (Å²) in [6, 6.07) is 12.5. The second-order valence-electron chi connectivity index (χ2n) is 8.58. The molecule has 0 spiro atoms. The summed E-state index contributed by atoms with van der Waals surface area (Å²) in [6.07, 6.45) is 1.02. The van der Waals surface area contributed by atoms with Gasteiger partial charge in [0.1, 0.15) is 11.6 Å². The minimum atomic E-state index is -0.302. The summed E-state index contributed by atoms with van der Waals surface area (Å²) in [6.45, 7) is 6.44. The number of hydrogen-bond donors (Lipinski definition) is 0. The number of carbonyl (C=O) groups excluding carboxylic acids is 1. The highest BCUT2D eigenvalue weighted by atomic mass is 19.1. The molecule has 5 nitrogen and oxygen atoms in total. The number of likely N-dealkylation sites (N-methyl/N-ethyl adjacent to an activating group) is 1. The van der Waals surface area contributed by atoms with Crippen LogP contribution in [0.25, 0.3) is 0 Å². The SMILES string of the molecule is CC(C)COc1ccc(C(=O)N(C)c2ccc(N3CCC(N(C)C)C3)c(F)c2)cc1.[HH]. The topological polar surface area (TPSA) is 36.0 Å². The fraction of sp³-hybridized carbons (Fsp3) is 0.458. The Morgan fingerprint density at radius 3 is 2.47 bits per heavy atom. The quantitative estimate of drug-likeness (QED) is 0.666. The Kier molecular flexibility index (Phi) is 6.98. The van der Waals surface area contributed by atoms with Crippen LogP contribution >= 0.6 is 0 Å². The lowest BCUT2D eigenvalue weighted by molar-refractivity contribution is 0.0993. The molecule has 164 valence electrons. The van der Waals surface area contributed by atoms with Crippen LogP contribution in [-0.4, -0.2) is 57.7 Å². The number of rotatable bonds is 7. The zero-order chi connectivity index (χ0) is 21.8. The minimum absolute atomic E-state index is 0. The molecule has 3 rings (SSSR count). The maximum atomic E-state index is 14.8. The van der Waals surface area contributed by atoms with Crippen LogP contribution in [0, 0.1) is 11.7 Å². The van der Waals surface area contributed by atoms with E-state index < -0.39 is 0 Å². The maximum absolute atomic E-state index is 14.8. The molecule has 1 amide bonds. The van der Waals surface area contributed by atoms with E-state index in [0.29, 0.717) is 35.5 Å². The summed E-state index contributed by atoms with van der Waals surface area (Å²) in [4.78, 5) is 18.6. The van der Waals surface area contributed by atoms with Crippen molar-refractivity contribution in [2.24, 2.45) is 5.92 Å². The average Bonchev–Trinajstić information content (AvgIpc) is 3.21. The Bertz CT molecular complexity index is 874. The molecule has 2 aromatic carbocycles. The van der Waals surface area contributed by atoms with Gasteiger partial charge in [0, 0.05) is 38.9 Å². The molecular weight excluding hydrogens is 381 g/mol. The van der Waals surface area contributed by atoms with Crippen molar-refractivity contribution in [3.63, 3.8) is 0 Å². The molecular formula is C24H34FN3O2. The van der Waals surface area contributed by atoms with E-state index >= 15 is 0 Å². The van der Waals surface area contributed by atoms with Gasteiger partial charge in [-0.15, -0.1) is 0 Å². The molecule has 1 fully saturated rings. The van der Waals surface area contributed by atoms with Crippen molar-refractivity contribution in [3.8, 4) is 5.75 Å². The number of nitrogens with zero attached hydrogens (tertiary/aromatic N) is 3. The second kappa shape index (κ2) is 9.47. The highest BCUT2D eigenvalue weighted by Gasteiger charge is 2.26. The third kappa shape index (κ3) is 5.11. The lowest BCUT2D eigenvalue weighted by Crippen LogP contribution is -2.31. The molecule has 1 aliphatic heterocycles. The first-order valence-electron chi connectivity index (χ1n) is 10.5. The smallest absolute Gasteiger partial charge is 0.258 e. The summed E-state index contributed by atoms with van der Waals surface area (Å²) in [7, 11) is 5.77. The van der Waals surface area contributed by atoms with Crippen molar-refractivity contribution in [2.45, 2.75) is 26.3 Å². The van der Waals surface area contributed by atoms with Crippen molar-refractivity contribution in [1.82, 2.24) is 4.90 Å². The predicted molar refractivity (Wildman–Crippen MR) is 122 cm³/mol. The zero-order valence-corrected chi connectivity index (χ0v) is 18.6. The number of anilines is 2. The van der Waals surface area contributed by atoms with E-state index in [1.165, 1.54) is 11.0 Å². The Hall–Kier alpha value is -2.60. The van der Waals surface area contributed by atoms with Crippen LogP contribution in [-0.2, 0) is 0 Å². The molecule has 0 saturated carbocycles. The third-order valence-corrected chi connectivity index (χ3v) is 5.54. The molecule has 0 aliphatic carbocycles. The van der Waals surface area contributed by atoms with Gasteiger partial charge in [-0.3, -0.25) is 4.79 Å². The van der Waals surface area contributed by atoms with E-state index in [9.17, 15) is 9.18 Å². The molecule has 0 bridgehead atoms. The number of benzene rings is 2. The summed E-state index contributed by atoms with van der Waals surface area (Å²) in [5, 5.41) is 0. The van der Waals surface area contributed by atoms with E-state index in [0.717, 1.165) is 25.3 Å². The number of ether oxygens (including phenoxy) is 1. The maximum Gasteiger partial charge on any atom is 0.258 e. The van der Waals surface area contributed by atoms with Gasteiger partial charge in [0.25, 0.3) is 5.91 Å². The number of amides is 1. The molecule has 2 aromatic rings. The summed E-state index contributed by atoms with van der Waals surface area (Å²) in [5.41, 5.74) is 1.66. The van der Waals surface area contributed by atoms with Crippen molar-refractivity contribution < 1.29 is 15.3 Å². The van der Waals surface area contributed by atoms with Crippen molar-refractivity contribution in [3.05, 3.63) is 53.8 Å². The predicted octanol–water partition coefficient (Wildman–Crippen LogP) is 4.52. The van der Waals surface area contributed by atoms with Crippen LogP contribution in [0.15, 0.2) is 42.5 Å². The lowest BCUT2D eigenvalue weighted by Gasteiger charge is -2.24. The average molecular weight is 416 g/mol. The second-order valence-corrected chi connectivity index (χ2v) is 8.58. The Balaban J connectivity index is 0.00000341. The fourth-order valence-corrected chi connectivity index (χ4v) is 3.61. The van der Waals surface area contributed by atoms with E-state index in [2.05, 4.69) is 37.7 Å². The first-order chi connectivity index (χ1) is 14.3. The zero-order valence-electron chi connectivity index (χ0n) is 18.6. The number of hydrogen-bond acceptors (Lipinski definition) is 4. The molecule has 1 heterocycles. The van der Waals surface area contributed by atoms with Gasteiger partial charge in [0.2, 0.25) is 0 Å². The lowest BCUT2D eigenvalue weighted by atomic mass is 10.1. The summed E-state index contributed by atoms with van der Waals surface area (Å²) >= 11 is 0. The third-order valence-electron chi connectivity index (χ3n) is 5.54. The highest BCUT2D eigenvalue weighted by molar-refractivity contribution is 6.05. The van der Waals surface area contributed by atoms with E-state index in [4.69, 9.17) is 4.74 Å². The van der Waals surface area contributed by atoms with E-state index in [1.807, 2.05) is 0 Å². The van der Waals surface area contributed by atoms with Crippen LogP contribution in [0.1, 0.15) is 32.1 Å². The first kappa shape index (κ1) is 22.1. The van der Waals surface area contributed by atoms with Gasteiger partial charge in [0.05, 0.1) is 12.3 Å². The van der Waals surface area contributed by atoms with Crippen LogP contribution in [0.4, 0.5) is 15.8 Å². The fourth-order valence-electron chi connectivity index (χ4n) is 3.61. The molecule has 0 N–H and O–H groups in total. The Morgan fingerprint density at radius 2 is 1.90 bits per heavy atom. The van der Waals surface area contributed by atoms with Crippen LogP contribution in [0.3, 0.4) is 0 Å². The van der Waals surface area contributed by atoms with Gasteiger partial charge in [-0.1, -0.05) is 13.8 Å². The van der Waals surface area contributed by atoms with Crippen molar-refractivity contribution in [1.29, 1.82) is 0 Å². The first-order valence-corrected chi connectivity index (χ1v) is 10.5.